The maximum absolute atomic E-state index is 9.99. The average Bonchev–Trinajstić information content (AvgIpc) is 1.55. The topological polar surface area (TPSA) is 26.3 Å². The van der Waals surface area contributed by atoms with Gasteiger partial charge in [0.25, 0.3) is 0 Å². The molecule has 46 valence electrons. The highest BCUT2D eigenvalue weighted by atomic mass is 35.5. The third-order valence-corrected chi connectivity index (χ3v) is 1.40. The average molecular weight is 135 g/mol. The molecule has 1 fully saturated rings. The Morgan fingerprint density at radius 1 is 1.62 bits per heavy atom. The van der Waals surface area contributed by atoms with Crippen molar-refractivity contribution in [1.29, 1.82) is 0 Å². The summed E-state index contributed by atoms with van der Waals surface area (Å²) < 4.78 is 4.61. The molecule has 0 N–H and O–H groups in total. The van der Waals surface area contributed by atoms with Crippen LogP contribution in [0.2, 0.25) is 0 Å². The van der Waals surface area contributed by atoms with E-state index in [4.69, 9.17) is 11.6 Å². The molecule has 1 saturated carbocycles. The summed E-state index contributed by atoms with van der Waals surface area (Å²) in [4.78, 5) is 9.99. The van der Waals surface area contributed by atoms with E-state index >= 15 is 0 Å². The van der Waals surface area contributed by atoms with Gasteiger partial charge >= 0.3 is 5.43 Å². The Balaban J connectivity index is 2.09. The molecule has 2 nitrogen and oxygen atoms in total. The molecule has 0 aromatic heterocycles. The number of hydrogen-bond donors (Lipinski definition) is 0. The van der Waals surface area contributed by atoms with Crippen molar-refractivity contribution in [2.24, 2.45) is 0 Å². The first-order valence-corrected chi connectivity index (χ1v) is 3.03. The van der Waals surface area contributed by atoms with E-state index in [1.54, 1.807) is 0 Å². The predicted molar refractivity (Wildman–Crippen MR) is 30.0 cm³/mol. The Kier molecular flexibility index (Phi) is 1.73. The molecule has 0 aromatic carbocycles. The van der Waals surface area contributed by atoms with E-state index in [1.807, 2.05) is 0 Å². The SMILES string of the molecule is O=C(Cl)OC1CCC1. The van der Waals surface area contributed by atoms with Crippen molar-refractivity contribution < 1.29 is 9.53 Å². The Labute approximate surface area is 52.8 Å². The number of halogens is 1. The summed E-state index contributed by atoms with van der Waals surface area (Å²) in [5.41, 5.74) is -0.672. The van der Waals surface area contributed by atoms with Crippen molar-refractivity contribution in [3.05, 3.63) is 0 Å². The van der Waals surface area contributed by atoms with Gasteiger partial charge in [0.1, 0.15) is 6.10 Å². The summed E-state index contributed by atoms with van der Waals surface area (Å²) in [5, 5.41) is 0. The van der Waals surface area contributed by atoms with Gasteiger partial charge in [-0.2, -0.15) is 0 Å². The fraction of sp³-hybridized carbons (Fsp3) is 0.800. The van der Waals surface area contributed by atoms with Crippen LogP contribution in [0.1, 0.15) is 19.3 Å². The lowest BCUT2D eigenvalue weighted by Gasteiger charge is -2.23. The highest BCUT2D eigenvalue weighted by Gasteiger charge is 2.20. The van der Waals surface area contributed by atoms with E-state index in [-0.39, 0.29) is 6.10 Å². The molecule has 0 amide bonds. The molecule has 1 aliphatic carbocycles. The van der Waals surface area contributed by atoms with Gasteiger partial charge in [0.15, 0.2) is 0 Å². The van der Waals surface area contributed by atoms with Crippen molar-refractivity contribution in [1.82, 2.24) is 0 Å². The summed E-state index contributed by atoms with van der Waals surface area (Å²) in [7, 11) is 0. The first kappa shape index (κ1) is 5.89. The van der Waals surface area contributed by atoms with Crippen molar-refractivity contribution in [2.75, 3.05) is 0 Å². The minimum Gasteiger partial charge on any atom is -0.450 e. The molecule has 1 aliphatic rings. The molecule has 0 radical (unpaired) electrons. The van der Waals surface area contributed by atoms with Crippen LogP contribution in [-0.4, -0.2) is 11.5 Å². The van der Waals surface area contributed by atoms with Crippen LogP contribution in [0.25, 0.3) is 0 Å². The molecule has 0 spiro atoms. The van der Waals surface area contributed by atoms with Crippen LogP contribution in [0, 0.1) is 0 Å². The van der Waals surface area contributed by atoms with E-state index in [2.05, 4.69) is 4.74 Å². The maximum Gasteiger partial charge on any atom is 0.404 e. The smallest absolute Gasteiger partial charge is 0.404 e. The molecule has 0 bridgehead atoms. The third-order valence-electron chi connectivity index (χ3n) is 1.31. The lowest BCUT2D eigenvalue weighted by Crippen LogP contribution is -2.22. The van der Waals surface area contributed by atoms with Gasteiger partial charge in [-0.1, -0.05) is 0 Å². The van der Waals surface area contributed by atoms with Crippen molar-refractivity contribution in [3.8, 4) is 0 Å². The second kappa shape index (κ2) is 2.35. The van der Waals surface area contributed by atoms with Crippen molar-refractivity contribution >= 4 is 17.0 Å². The Bertz CT molecular complexity index is 98.6. The van der Waals surface area contributed by atoms with Crippen LogP contribution in [0.4, 0.5) is 4.79 Å². The van der Waals surface area contributed by atoms with Crippen LogP contribution in [-0.2, 0) is 4.74 Å². The van der Waals surface area contributed by atoms with Crippen LogP contribution >= 0.6 is 11.6 Å². The van der Waals surface area contributed by atoms with Crippen LogP contribution in [0.15, 0.2) is 0 Å². The molecule has 0 heterocycles. The van der Waals surface area contributed by atoms with Crippen molar-refractivity contribution in [3.63, 3.8) is 0 Å². The third kappa shape index (κ3) is 1.37. The van der Waals surface area contributed by atoms with Gasteiger partial charge in [-0.05, 0) is 19.3 Å². The number of carbonyl (C=O) groups is 1. The molecule has 0 aromatic rings. The van der Waals surface area contributed by atoms with E-state index in [0.717, 1.165) is 19.3 Å². The predicted octanol–water partition coefficient (Wildman–Crippen LogP) is 1.91. The number of rotatable bonds is 1. The van der Waals surface area contributed by atoms with Crippen LogP contribution in [0.5, 0.6) is 0 Å². The largest absolute Gasteiger partial charge is 0.450 e. The molecule has 0 aliphatic heterocycles. The lowest BCUT2D eigenvalue weighted by atomic mass is 9.96. The number of carbonyl (C=O) groups excluding carboxylic acids is 1. The van der Waals surface area contributed by atoms with Crippen LogP contribution in [0.3, 0.4) is 0 Å². The van der Waals surface area contributed by atoms with E-state index in [1.165, 1.54) is 0 Å². The molecular formula is C5H7ClO2. The fourth-order valence-corrected chi connectivity index (χ4v) is 0.746. The summed E-state index contributed by atoms with van der Waals surface area (Å²) in [6.07, 6.45) is 3.26. The molecule has 1 rings (SSSR count). The summed E-state index contributed by atoms with van der Waals surface area (Å²) in [6.45, 7) is 0. The second-order valence-corrected chi connectivity index (χ2v) is 2.22. The summed E-state index contributed by atoms with van der Waals surface area (Å²) >= 11 is 4.92. The van der Waals surface area contributed by atoms with Gasteiger partial charge in [0.05, 0.1) is 0 Å². The molecule has 8 heavy (non-hydrogen) atoms. The fourth-order valence-electron chi connectivity index (χ4n) is 0.620. The second-order valence-electron chi connectivity index (χ2n) is 1.91. The summed E-state index contributed by atoms with van der Waals surface area (Å²) in [6, 6.07) is 0. The zero-order valence-corrected chi connectivity index (χ0v) is 5.15. The minimum absolute atomic E-state index is 0.125. The Morgan fingerprint density at radius 2 is 2.25 bits per heavy atom. The first-order valence-electron chi connectivity index (χ1n) is 2.65. The first-order chi connectivity index (χ1) is 3.79. The molecule has 0 unspecified atom stereocenters. The van der Waals surface area contributed by atoms with Crippen molar-refractivity contribution in [2.45, 2.75) is 25.4 Å². The molecule has 0 saturated heterocycles. The van der Waals surface area contributed by atoms with Gasteiger partial charge < -0.3 is 4.74 Å². The molecular weight excluding hydrogens is 128 g/mol. The zero-order valence-electron chi connectivity index (χ0n) is 4.39. The van der Waals surface area contributed by atoms with Crippen LogP contribution < -0.4 is 0 Å². The van der Waals surface area contributed by atoms with E-state index in [0.29, 0.717) is 0 Å². The Morgan fingerprint density at radius 3 is 2.38 bits per heavy atom. The Hall–Kier alpha value is -0.240. The highest BCUT2D eigenvalue weighted by molar-refractivity contribution is 6.61. The normalized spacial score (nSPS) is 19.6. The monoisotopic (exact) mass is 134 g/mol. The van der Waals surface area contributed by atoms with Gasteiger partial charge in [0.2, 0.25) is 0 Å². The number of ether oxygens (including phenoxy) is 1. The molecule has 0 atom stereocenters. The summed E-state index contributed by atoms with van der Waals surface area (Å²) in [5.74, 6) is 0. The maximum atomic E-state index is 9.99. The van der Waals surface area contributed by atoms with Gasteiger partial charge in [0, 0.05) is 11.6 Å². The van der Waals surface area contributed by atoms with E-state index in [9.17, 15) is 4.79 Å². The highest BCUT2D eigenvalue weighted by Crippen LogP contribution is 2.22. The number of hydrogen-bond acceptors (Lipinski definition) is 2. The van der Waals surface area contributed by atoms with Gasteiger partial charge in [-0.3, -0.25) is 0 Å². The molecule has 3 heteroatoms. The standard InChI is InChI=1S/C5H7ClO2/c6-5(7)8-4-2-1-3-4/h4H,1-3H2. The van der Waals surface area contributed by atoms with Gasteiger partial charge in [-0.25, -0.2) is 4.79 Å². The van der Waals surface area contributed by atoms with E-state index < -0.39 is 5.43 Å². The minimum atomic E-state index is -0.672. The quantitative estimate of drug-likeness (QED) is 0.512. The zero-order chi connectivity index (χ0) is 5.98. The lowest BCUT2D eigenvalue weighted by molar-refractivity contribution is 0.0704. The van der Waals surface area contributed by atoms with Gasteiger partial charge in [-0.15, -0.1) is 0 Å².